The lowest BCUT2D eigenvalue weighted by atomic mass is 10.0. The van der Waals surface area contributed by atoms with Gasteiger partial charge in [0.15, 0.2) is 0 Å². The summed E-state index contributed by atoms with van der Waals surface area (Å²) in [5.41, 5.74) is 3.80. The molecule has 0 amide bonds. The minimum absolute atomic E-state index is 0.494. The molecule has 3 heteroatoms. The molecule has 1 aromatic heterocycles. The standard InChI is InChI=1S/C18H22N2O/c1-20-11-5-8-18(20)17-12-19-10-9-16(17)14-21-13-15-6-3-2-4-7-15/h2-4,6-7,9-10,12,18H,5,8,11,13-14H2,1H3. The first-order chi connectivity index (χ1) is 10.3. The maximum absolute atomic E-state index is 5.89. The average Bonchev–Trinajstić information content (AvgIpc) is 2.95. The SMILES string of the molecule is CN1CCCC1c1cnccc1COCc1ccccc1. The second kappa shape index (κ2) is 6.83. The number of hydrogen-bond acceptors (Lipinski definition) is 3. The molecule has 1 aliphatic rings. The molecule has 21 heavy (non-hydrogen) atoms. The van der Waals surface area contributed by atoms with Crippen molar-refractivity contribution in [2.75, 3.05) is 13.6 Å². The summed E-state index contributed by atoms with van der Waals surface area (Å²) in [5.74, 6) is 0. The Labute approximate surface area is 126 Å². The Hall–Kier alpha value is -1.71. The molecule has 110 valence electrons. The normalized spacial score (nSPS) is 19.0. The van der Waals surface area contributed by atoms with Crippen molar-refractivity contribution in [3.05, 3.63) is 65.5 Å². The van der Waals surface area contributed by atoms with Crippen molar-refractivity contribution in [2.45, 2.75) is 32.1 Å². The molecule has 0 radical (unpaired) electrons. The maximum atomic E-state index is 5.89. The van der Waals surface area contributed by atoms with E-state index in [1.54, 1.807) is 0 Å². The minimum Gasteiger partial charge on any atom is -0.372 e. The quantitative estimate of drug-likeness (QED) is 0.838. The van der Waals surface area contributed by atoms with Gasteiger partial charge in [0.05, 0.1) is 13.2 Å². The summed E-state index contributed by atoms with van der Waals surface area (Å²) in [5, 5.41) is 0. The monoisotopic (exact) mass is 282 g/mol. The number of pyridine rings is 1. The Morgan fingerprint density at radius 1 is 1.19 bits per heavy atom. The molecular formula is C18H22N2O. The Bertz CT molecular complexity index is 570. The van der Waals surface area contributed by atoms with Crippen LogP contribution in [0.3, 0.4) is 0 Å². The van der Waals surface area contributed by atoms with Crippen LogP contribution in [0, 0.1) is 0 Å². The molecular weight excluding hydrogens is 260 g/mol. The van der Waals surface area contributed by atoms with Crippen LogP contribution >= 0.6 is 0 Å². The van der Waals surface area contributed by atoms with Crippen molar-refractivity contribution in [1.29, 1.82) is 0 Å². The van der Waals surface area contributed by atoms with Crippen LogP contribution in [0.4, 0.5) is 0 Å². The highest BCUT2D eigenvalue weighted by Crippen LogP contribution is 2.32. The lowest BCUT2D eigenvalue weighted by Crippen LogP contribution is -2.19. The van der Waals surface area contributed by atoms with Crippen LogP contribution < -0.4 is 0 Å². The zero-order valence-electron chi connectivity index (χ0n) is 12.5. The van der Waals surface area contributed by atoms with Gasteiger partial charge in [0.2, 0.25) is 0 Å². The van der Waals surface area contributed by atoms with Crippen molar-refractivity contribution in [1.82, 2.24) is 9.88 Å². The number of benzene rings is 1. The third kappa shape index (κ3) is 3.49. The van der Waals surface area contributed by atoms with E-state index in [1.807, 2.05) is 30.6 Å². The Morgan fingerprint density at radius 3 is 2.81 bits per heavy atom. The van der Waals surface area contributed by atoms with Crippen molar-refractivity contribution in [3.63, 3.8) is 0 Å². The van der Waals surface area contributed by atoms with Gasteiger partial charge in [-0.2, -0.15) is 0 Å². The Morgan fingerprint density at radius 2 is 2.05 bits per heavy atom. The van der Waals surface area contributed by atoms with E-state index in [4.69, 9.17) is 4.74 Å². The average molecular weight is 282 g/mol. The zero-order chi connectivity index (χ0) is 14.5. The molecule has 1 aliphatic heterocycles. The Kier molecular flexibility index (Phi) is 4.63. The van der Waals surface area contributed by atoms with E-state index in [-0.39, 0.29) is 0 Å². The molecule has 1 aromatic carbocycles. The predicted molar refractivity (Wildman–Crippen MR) is 83.8 cm³/mol. The smallest absolute Gasteiger partial charge is 0.0725 e. The third-order valence-corrected chi connectivity index (χ3v) is 4.19. The summed E-state index contributed by atoms with van der Waals surface area (Å²) in [6.07, 6.45) is 6.35. The number of nitrogens with zero attached hydrogens (tertiary/aromatic N) is 2. The van der Waals surface area contributed by atoms with Gasteiger partial charge in [-0.05, 0) is 49.2 Å². The van der Waals surface area contributed by atoms with Gasteiger partial charge in [0.25, 0.3) is 0 Å². The van der Waals surface area contributed by atoms with Gasteiger partial charge in [-0.1, -0.05) is 30.3 Å². The van der Waals surface area contributed by atoms with Crippen LogP contribution in [0.25, 0.3) is 0 Å². The minimum atomic E-state index is 0.494. The van der Waals surface area contributed by atoms with E-state index in [9.17, 15) is 0 Å². The first-order valence-corrected chi connectivity index (χ1v) is 7.59. The van der Waals surface area contributed by atoms with Crippen LogP contribution in [0.15, 0.2) is 48.8 Å². The van der Waals surface area contributed by atoms with E-state index in [2.05, 4.69) is 35.1 Å². The first-order valence-electron chi connectivity index (χ1n) is 7.59. The molecule has 3 nitrogen and oxygen atoms in total. The number of ether oxygens (including phenoxy) is 1. The summed E-state index contributed by atoms with van der Waals surface area (Å²) < 4.78 is 5.89. The highest BCUT2D eigenvalue weighted by Gasteiger charge is 2.24. The molecule has 2 aromatic rings. The number of hydrogen-bond donors (Lipinski definition) is 0. The summed E-state index contributed by atoms with van der Waals surface area (Å²) >= 11 is 0. The molecule has 0 spiro atoms. The van der Waals surface area contributed by atoms with Crippen LogP contribution in [-0.4, -0.2) is 23.5 Å². The second-order valence-corrected chi connectivity index (χ2v) is 5.69. The molecule has 0 aliphatic carbocycles. The molecule has 1 fully saturated rings. The molecule has 2 heterocycles. The maximum Gasteiger partial charge on any atom is 0.0725 e. The van der Waals surface area contributed by atoms with Crippen molar-refractivity contribution in [2.24, 2.45) is 0 Å². The topological polar surface area (TPSA) is 25.4 Å². The zero-order valence-corrected chi connectivity index (χ0v) is 12.5. The van der Waals surface area contributed by atoms with E-state index in [0.29, 0.717) is 19.3 Å². The summed E-state index contributed by atoms with van der Waals surface area (Å²) in [4.78, 5) is 6.72. The number of rotatable bonds is 5. The van der Waals surface area contributed by atoms with Gasteiger partial charge in [0, 0.05) is 18.4 Å². The van der Waals surface area contributed by atoms with Crippen LogP contribution in [0.1, 0.15) is 35.6 Å². The Balaban J connectivity index is 1.65. The van der Waals surface area contributed by atoms with Gasteiger partial charge in [-0.15, -0.1) is 0 Å². The molecule has 0 bridgehead atoms. The first kappa shape index (κ1) is 14.2. The summed E-state index contributed by atoms with van der Waals surface area (Å²) in [7, 11) is 2.19. The van der Waals surface area contributed by atoms with Gasteiger partial charge in [0.1, 0.15) is 0 Å². The number of aromatic nitrogens is 1. The molecule has 0 saturated carbocycles. The van der Waals surface area contributed by atoms with Crippen molar-refractivity contribution >= 4 is 0 Å². The van der Waals surface area contributed by atoms with Gasteiger partial charge < -0.3 is 4.74 Å². The van der Waals surface area contributed by atoms with Crippen LogP contribution in [-0.2, 0) is 18.0 Å². The molecule has 0 N–H and O–H groups in total. The summed E-state index contributed by atoms with van der Waals surface area (Å²) in [6.45, 7) is 2.48. The predicted octanol–water partition coefficient (Wildman–Crippen LogP) is 3.57. The van der Waals surface area contributed by atoms with E-state index < -0.39 is 0 Å². The van der Waals surface area contributed by atoms with Gasteiger partial charge in [-0.25, -0.2) is 0 Å². The molecule has 1 unspecified atom stereocenters. The van der Waals surface area contributed by atoms with Crippen molar-refractivity contribution < 1.29 is 4.74 Å². The van der Waals surface area contributed by atoms with Crippen molar-refractivity contribution in [3.8, 4) is 0 Å². The fourth-order valence-electron chi connectivity index (χ4n) is 3.02. The van der Waals surface area contributed by atoms with E-state index >= 15 is 0 Å². The lowest BCUT2D eigenvalue weighted by molar-refractivity contribution is 0.105. The summed E-state index contributed by atoms with van der Waals surface area (Å²) in [6, 6.07) is 12.9. The third-order valence-electron chi connectivity index (χ3n) is 4.19. The largest absolute Gasteiger partial charge is 0.372 e. The highest BCUT2D eigenvalue weighted by atomic mass is 16.5. The highest BCUT2D eigenvalue weighted by molar-refractivity contribution is 5.27. The van der Waals surface area contributed by atoms with Gasteiger partial charge >= 0.3 is 0 Å². The fraction of sp³-hybridized carbons (Fsp3) is 0.389. The lowest BCUT2D eigenvalue weighted by Gasteiger charge is -2.22. The van der Waals surface area contributed by atoms with Gasteiger partial charge in [-0.3, -0.25) is 9.88 Å². The molecule has 3 rings (SSSR count). The van der Waals surface area contributed by atoms with E-state index in [0.717, 1.165) is 0 Å². The second-order valence-electron chi connectivity index (χ2n) is 5.69. The van der Waals surface area contributed by atoms with E-state index in [1.165, 1.54) is 36.1 Å². The number of likely N-dealkylation sites (tertiary alicyclic amines) is 1. The van der Waals surface area contributed by atoms with Crippen LogP contribution in [0.2, 0.25) is 0 Å². The molecule has 1 saturated heterocycles. The molecule has 1 atom stereocenters. The fourth-order valence-corrected chi connectivity index (χ4v) is 3.02. The van der Waals surface area contributed by atoms with Crippen LogP contribution in [0.5, 0.6) is 0 Å².